The van der Waals surface area contributed by atoms with Gasteiger partial charge in [-0.2, -0.15) is 13.2 Å². The predicted molar refractivity (Wildman–Crippen MR) is 70.0 cm³/mol. The van der Waals surface area contributed by atoms with E-state index < -0.39 is 17.6 Å². The molecule has 0 radical (unpaired) electrons. The maximum absolute atomic E-state index is 13.1. The van der Waals surface area contributed by atoms with Crippen LogP contribution in [0.2, 0.25) is 0 Å². The Labute approximate surface area is 120 Å². The van der Waals surface area contributed by atoms with Crippen LogP contribution in [-0.4, -0.2) is 0 Å². The fraction of sp³-hybridized carbons (Fsp3) is 0.0769. The van der Waals surface area contributed by atoms with Gasteiger partial charge in [0.05, 0.1) is 10.0 Å². The molecule has 2 N–H and O–H groups in total. The molecule has 0 unspecified atom stereocenters. The molecule has 0 saturated heterocycles. The van der Waals surface area contributed by atoms with Gasteiger partial charge in [0.25, 0.3) is 0 Å². The first-order valence-electron chi connectivity index (χ1n) is 5.36. The molecule has 2 aromatic rings. The number of hydrogen-bond donors (Lipinski definition) is 1. The van der Waals surface area contributed by atoms with Crippen LogP contribution in [0.4, 0.5) is 23.2 Å². The van der Waals surface area contributed by atoms with Crippen LogP contribution >= 0.6 is 15.9 Å². The van der Waals surface area contributed by atoms with Gasteiger partial charge in [-0.25, -0.2) is 4.39 Å². The lowest BCUT2D eigenvalue weighted by molar-refractivity contribution is -0.137. The highest BCUT2D eigenvalue weighted by Crippen LogP contribution is 2.36. The van der Waals surface area contributed by atoms with Crippen molar-refractivity contribution >= 4 is 21.6 Å². The fourth-order valence-electron chi connectivity index (χ4n) is 1.53. The molecule has 0 saturated carbocycles. The summed E-state index contributed by atoms with van der Waals surface area (Å²) in [6, 6.07) is 6.47. The number of alkyl halides is 3. The number of benzene rings is 2. The minimum Gasteiger partial charge on any atom is -0.456 e. The SMILES string of the molecule is Nc1cc(Oc2cc(F)ccc2Br)cc(C(F)(F)F)c1. The Kier molecular flexibility index (Phi) is 3.89. The van der Waals surface area contributed by atoms with Gasteiger partial charge < -0.3 is 10.5 Å². The molecule has 2 rings (SSSR count). The second-order valence-electron chi connectivity index (χ2n) is 3.97. The second kappa shape index (κ2) is 5.32. The molecule has 20 heavy (non-hydrogen) atoms. The zero-order valence-corrected chi connectivity index (χ0v) is 11.4. The molecule has 0 heterocycles. The van der Waals surface area contributed by atoms with Gasteiger partial charge in [-0.3, -0.25) is 0 Å². The Hall–Kier alpha value is -1.76. The Balaban J connectivity index is 2.39. The summed E-state index contributed by atoms with van der Waals surface area (Å²) < 4.78 is 56.7. The third-order valence-corrected chi connectivity index (χ3v) is 3.03. The summed E-state index contributed by atoms with van der Waals surface area (Å²) in [6.45, 7) is 0. The van der Waals surface area contributed by atoms with Crippen molar-refractivity contribution in [1.82, 2.24) is 0 Å². The highest BCUT2D eigenvalue weighted by molar-refractivity contribution is 9.10. The molecule has 106 valence electrons. The fourth-order valence-corrected chi connectivity index (χ4v) is 1.85. The first-order valence-corrected chi connectivity index (χ1v) is 6.15. The number of nitrogens with two attached hydrogens (primary N) is 1. The van der Waals surface area contributed by atoms with E-state index in [1.165, 1.54) is 18.2 Å². The average Bonchev–Trinajstić information content (AvgIpc) is 2.32. The number of hydrogen-bond acceptors (Lipinski definition) is 2. The van der Waals surface area contributed by atoms with E-state index in [-0.39, 0.29) is 17.2 Å². The van der Waals surface area contributed by atoms with E-state index >= 15 is 0 Å². The van der Waals surface area contributed by atoms with Gasteiger partial charge >= 0.3 is 6.18 Å². The first-order chi connectivity index (χ1) is 9.25. The molecule has 2 aromatic carbocycles. The van der Waals surface area contributed by atoms with Gasteiger partial charge in [-0.05, 0) is 40.2 Å². The van der Waals surface area contributed by atoms with Crippen molar-refractivity contribution in [3.05, 3.63) is 52.3 Å². The summed E-state index contributed by atoms with van der Waals surface area (Å²) in [5.41, 5.74) is 4.39. The Morgan fingerprint density at radius 3 is 2.40 bits per heavy atom. The smallest absolute Gasteiger partial charge is 0.416 e. The van der Waals surface area contributed by atoms with E-state index in [0.29, 0.717) is 4.47 Å². The molecule has 2 nitrogen and oxygen atoms in total. The zero-order valence-electron chi connectivity index (χ0n) is 9.84. The van der Waals surface area contributed by atoms with Gasteiger partial charge in [0, 0.05) is 17.8 Å². The van der Waals surface area contributed by atoms with E-state index in [1.807, 2.05) is 0 Å². The average molecular weight is 350 g/mol. The lowest BCUT2D eigenvalue weighted by Gasteiger charge is -2.12. The summed E-state index contributed by atoms with van der Waals surface area (Å²) in [6.07, 6.45) is -4.54. The van der Waals surface area contributed by atoms with Crippen molar-refractivity contribution in [1.29, 1.82) is 0 Å². The maximum Gasteiger partial charge on any atom is 0.416 e. The van der Waals surface area contributed by atoms with Crippen LogP contribution in [-0.2, 0) is 6.18 Å². The molecule has 0 aliphatic carbocycles. The van der Waals surface area contributed by atoms with Crippen molar-refractivity contribution in [2.24, 2.45) is 0 Å². The minimum absolute atomic E-state index is 0.0590. The van der Waals surface area contributed by atoms with Gasteiger partial charge in [0.1, 0.15) is 17.3 Å². The second-order valence-corrected chi connectivity index (χ2v) is 4.82. The summed E-state index contributed by atoms with van der Waals surface area (Å²) in [4.78, 5) is 0. The zero-order chi connectivity index (χ0) is 14.9. The van der Waals surface area contributed by atoms with Crippen molar-refractivity contribution in [3.8, 4) is 11.5 Å². The molecule has 7 heteroatoms. The third kappa shape index (κ3) is 3.41. The summed E-state index contributed by atoms with van der Waals surface area (Å²) in [5.74, 6) is -0.629. The highest BCUT2D eigenvalue weighted by atomic mass is 79.9. The van der Waals surface area contributed by atoms with Crippen LogP contribution < -0.4 is 10.5 Å². The van der Waals surface area contributed by atoms with E-state index in [9.17, 15) is 17.6 Å². The lowest BCUT2D eigenvalue weighted by Crippen LogP contribution is -2.06. The largest absolute Gasteiger partial charge is 0.456 e. The molecule has 0 aliphatic heterocycles. The van der Waals surface area contributed by atoms with Gasteiger partial charge in [-0.1, -0.05) is 0 Å². The maximum atomic E-state index is 13.1. The number of ether oxygens (including phenoxy) is 1. The van der Waals surface area contributed by atoms with E-state index in [0.717, 1.165) is 18.2 Å². The number of halogens is 5. The molecule has 0 aliphatic rings. The number of nitrogen functional groups attached to an aromatic ring is 1. The summed E-state index contributed by atoms with van der Waals surface area (Å²) in [7, 11) is 0. The van der Waals surface area contributed by atoms with Crippen molar-refractivity contribution in [3.63, 3.8) is 0 Å². The third-order valence-electron chi connectivity index (χ3n) is 2.38. The normalized spacial score (nSPS) is 11.4. The van der Waals surface area contributed by atoms with E-state index in [4.69, 9.17) is 10.5 Å². The van der Waals surface area contributed by atoms with Crippen LogP contribution in [0.25, 0.3) is 0 Å². The van der Waals surface area contributed by atoms with Gasteiger partial charge in [0.15, 0.2) is 0 Å². The van der Waals surface area contributed by atoms with Crippen LogP contribution in [0.5, 0.6) is 11.5 Å². The predicted octanol–water partition coefficient (Wildman–Crippen LogP) is 4.98. The summed E-state index contributed by atoms with van der Waals surface area (Å²) >= 11 is 3.12. The Morgan fingerprint density at radius 2 is 1.75 bits per heavy atom. The van der Waals surface area contributed by atoms with Gasteiger partial charge in [0.2, 0.25) is 0 Å². The molecular formula is C13H8BrF4NO. The van der Waals surface area contributed by atoms with E-state index in [2.05, 4.69) is 15.9 Å². The first kappa shape index (κ1) is 14.6. The molecule has 0 aromatic heterocycles. The Bertz CT molecular complexity index is 643. The van der Waals surface area contributed by atoms with Crippen molar-refractivity contribution in [2.45, 2.75) is 6.18 Å². The lowest BCUT2D eigenvalue weighted by atomic mass is 10.2. The minimum atomic E-state index is -4.54. The van der Waals surface area contributed by atoms with Gasteiger partial charge in [-0.15, -0.1) is 0 Å². The molecule has 0 bridgehead atoms. The van der Waals surface area contributed by atoms with Crippen LogP contribution in [0.3, 0.4) is 0 Å². The monoisotopic (exact) mass is 349 g/mol. The quantitative estimate of drug-likeness (QED) is 0.612. The van der Waals surface area contributed by atoms with E-state index in [1.54, 1.807) is 0 Å². The standard InChI is InChI=1S/C13H8BrF4NO/c14-11-2-1-8(15)5-12(11)20-10-4-7(13(16,17)18)3-9(19)6-10/h1-6H,19H2. The van der Waals surface area contributed by atoms with Crippen molar-refractivity contribution < 1.29 is 22.3 Å². The highest BCUT2D eigenvalue weighted by Gasteiger charge is 2.31. The molecule has 0 spiro atoms. The number of anilines is 1. The molecular weight excluding hydrogens is 342 g/mol. The topological polar surface area (TPSA) is 35.2 Å². The summed E-state index contributed by atoms with van der Waals surface area (Å²) in [5, 5.41) is 0. The van der Waals surface area contributed by atoms with Crippen molar-refractivity contribution in [2.75, 3.05) is 5.73 Å². The van der Waals surface area contributed by atoms with Crippen LogP contribution in [0, 0.1) is 5.82 Å². The molecule has 0 atom stereocenters. The van der Waals surface area contributed by atoms with Crippen LogP contribution in [0.15, 0.2) is 40.9 Å². The number of rotatable bonds is 2. The molecule has 0 fully saturated rings. The molecule has 0 amide bonds. The van der Waals surface area contributed by atoms with Crippen LogP contribution in [0.1, 0.15) is 5.56 Å². The Morgan fingerprint density at radius 1 is 1.05 bits per heavy atom.